The number of phenolic OH excluding ortho intramolecular Hbond substituents is 2. The normalized spacial score (nSPS) is 19.6. The smallest absolute Gasteiger partial charge is 0.182 e. The van der Waals surface area contributed by atoms with Crippen LogP contribution in [0.5, 0.6) is 34.5 Å². The number of benzene rings is 3. The first-order valence-electron chi connectivity index (χ1n) is 17.5. The molecule has 0 aromatic heterocycles. The topological polar surface area (TPSA) is 269 Å². The van der Waals surface area contributed by atoms with Gasteiger partial charge in [-0.1, -0.05) is 38.0 Å². The number of aromatic hydroxyl groups is 2. The van der Waals surface area contributed by atoms with Crippen molar-refractivity contribution >= 4 is 31.9 Å². The van der Waals surface area contributed by atoms with Crippen molar-refractivity contribution in [3.8, 4) is 34.5 Å². The lowest BCUT2D eigenvalue weighted by molar-refractivity contribution is 0.144. The monoisotopic (exact) mass is 800 g/mol. The highest BCUT2D eigenvalue weighted by molar-refractivity contribution is 7.85. The van der Waals surface area contributed by atoms with E-state index >= 15 is 0 Å². The zero-order chi connectivity index (χ0) is 40.5. The van der Waals surface area contributed by atoms with Crippen molar-refractivity contribution in [1.29, 1.82) is 0 Å². The van der Waals surface area contributed by atoms with Crippen LogP contribution in [0.4, 0.5) is 0 Å². The van der Waals surface area contributed by atoms with Crippen molar-refractivity contribution in [2.45, 2.75) is 83.5 Å². The van der Waals surface area contributed by atoms with Gasteiger partial charge in [0.2, 0.25) is 0 Å². The van der Waals surface area contributed by atoms with E-state index in [0.717, 1.165) is 22.3 Å². The third kappa shape index (κ3) is 7.47. The molecule has 0 fully saturated rings. The number of nitrogens with two attached hydrogens (primary N) is 2. The first-order chi connectivity index (χ1) is 25.5. The minimum atomic E-state index is -4.45. The lowest BCUT2D eigenvalue weighted by atomic mass is 9.72. The summed E-state index contributed by atoms with van der Waals surface area (Å²) in [5.74, 6) is -1.03. The quantitative estimate of drug-likeness (QED) is 0.0386. The Labute approximate surface area is 319 Å². The van der Waals surface area contributed by atoms with E-state index in [-0.39, 0.29) is 82.7 Å². The first kappa shape index (κ1) is 39.9. The van der Waals surface area contributed by atoms with Gasteiger partial charge >= 0.3 is 0 Å². The van der Waals surface area contributed by atoms with Crippen molar-refractivity contribution in [2.24, 2.45) is 21.8 Å². The fourth-order valence-corrected chi connectivity index (χ4v) is 9.33. The lowest BCUT2D eigenvalue weighted by Gasteiger charge is -2.31. The molecule has 3 aromatic carbocycles. The van der Waals surface area contributed by atoms with Gasteiger partial charge in [-0.05, 0) is 108 Å². The summed E-state index contributed by atoms with van der Waals surface area (Å²) in [5, 5.41) is 29.1. The average Bonchev–Trinajstić information content (AvgIpc) is 3.40. The van der Waals surface area contributed by atoms with Gasteiger partial charge in [0.15, 0.2) is 46.2 Å². The second kappa shape index (κ2) is 13.8. The summed E-state index contributed by atoms with van der Waals surface area (Å²) in [7, 11) is -8.90. The van der Waals surface area contributed by atoms with E-state index in [2.05, 4.69) is 38.0 Å². The minimum Gasteiger partial charge on any atom is -0.748 e. The van der Waals surface area contributed by atoms with Crippen molar-refractivity contribution in [2.75, 3.05) is 24.7 Å². The highest BCUT2D eigenvalue weighted by atomic mass is 32.2. The Kier molecular flexibility index (Phi) is 9.98. The van der Waals surface area contributed by atoms with Gasteiger partial charge < -0.3 is 49.9 Å². The molecule has 0 saturated heterocycles. The van der Waals surface area contributed by atoms with Crippen molar-refractivity contribution < 1.29 is 55.3 Å². The summed E-state index contributed by atoms with van der Waals surface area (Å²) < 4.78 is 79.5. The van der Waals surface area contributed by atoms with Crippen LogP contribution in [0.2, 0.25) is 0 Å². The molecule has 3 aliphatic rings. The third-order valence-corrected chi connectivity index (χ3v) is 12.2. The fourth-order valence-electron chi connectivity index (χ4n) is 8.39. The summed E-state index contributed by atoms with van der Waals surface area (Å²) in [6.07, 6.45) is 1.16. The number of hydrogen-bond donors (Lipinski definition) is 4. The first-order valence-corrected chi connectivity index (χ1v) is 20.7. The SMILES string of the molecule is Cc1c(C)c(/C(N)=N/OCCCS(=O)(=O)[O-])c2c(c1/C(N)=N/OCCCS(=O)(=O)[O-])Oc1cc3c(cc1O2)C1(CC(C)(C)c2cc(O)c(O)cc21)CC3(C)C. The van der Waals surface area contributed by atoms with Crippen LogP contribution < -0.4 is 20.9 Å². The highest BCUT2D eigenvalue weighted by Crippen LogP contribution is 2.65. The second-order valence-electron chi connectivity index (χ2n) is 15.6. The summed E-state index contributed by atoms with van der Waals surface area (Å²) in [6, 6.07) is 7.14. The van der Waals surface area contributed by atoms with E-state index in [4.69, 9.17) is 30.6 Å². The molecule has 0 saturated carbocycles. The number of amidine groups is 2. The molecule has 6 rings (SSSR count). The third-order valence-electron chi connectivity index (χ3n) is 10.7. The number of fused-ring (bicyclic) bond motifs is 6. The zero-order valence-corrected chi connectivity index (χ0v) is 32.9. The van der Waals surface area contributed by atoms with Crippen molar-refractivity contribution in [1.82, 2.24) is 0 Å². The van der Waals surface area contributed by atoms with Gasteiger partial charge in [0.1, 0.15) is 13.2 Å². The van der Waals surface area contributed by atoms with Gasteiger partial charge in [0, 0.05) is 16.9 Å². The lowest BCUT2D eigenvalue weighted by Crippen LogP contribution is -2.27. The number of phenols is 2. The number of hydrogen-bond acceptors (Lipinski definition) is 14. The molecule has 1 spiro atoms. The Hall–Kier alpha value is -4.78. The number of oxime groups is 2. The molecular formula is C37H44N4O12S2-2. The molecule has 0 amide bonds. The molecule has 0 bridgehead atoms. The zero-order valence-electron chi connectivity index (χ0n) is 31.3. The number of nitrogens with zero attached hydrogens (tertiary/aromatic N) is 2. The van der Waals surface area contributed by atoms with E-state index in [1.165, 1.54) is 0 Å². The van der Waals surface area contributed by atoms with Crippen molar-refractivity contribution in [3.63, 3.8) is 0 Å². The van der Waals surface area contributed by atoms with Crippen LogP contribution in [0.25, 0.3) is 0 Å². The molecule has 6 N–H and O–H groups in total. The minimum absolute atomic E-state index is 0.106. The maximum Gasteiger partial charge on any atom is 0.182 e. The molecule has 1 aliphatic heterocycles. The molecule has 2 aliphatic carbocycles. The number of ether oxygens (including phenoxy) is 2. The van der Waals surface area contributed by atoms with Gasteiger partial charge in [-0.2, -0.15) is 0 Å². The molecule has 16 nitrogen and oxygen atoms in total. The molecule has 55 heavy (non-hydrogen) atoms. The summed E-state index contributed by atoms with van der Waals surface area (Å²) in [5.41, 5.74) is 17.1. The van der Waals surface area contributed by atoms with Crippen molar-refractivity contribution in [3.05, 3.63) is 68.8 Å². The van der Waals surface area contributed by atoms with Crippen LogP contribution >= 0.6 is 0 Å². The molecule has 18 heteroatoms. The standard InChI is InChI=1S/C37H46N4O12S2/c1-19-20(2)30(34(39)41-51-10-8-12-55(47,48)49)32-31(29(19)33(38)40-50-9-7-11-54(44,45)46)52-27-15-22-24(16-28(27)53-32)37(18-36(22,5)6)17-35(3,4)21-13-25(42)26(43)14-23(21)37/h13-16,42-43H,7-12,17-18H2,1-6H3,(H2,38,40)(H2,39,41)(H,44,45,46)(H,47,48,49)/p-2. The Bertz CT molecular complexity index is 2370. The van der Waals surface area contributed by atoms with Gasteiger partial charge in [-0.25, -0.2) is 16.8 Å². The maximum absolute atomic E-state index is 11.0. The molecular weight excluding hydrogens is 757 g/mol. The summed E-state index contributed by atoms with van der Waals surface area (Å²) in [6.45, 7) is 11.5. The molecule has 1 heterocycles. The van der Waals surface area contributed by atoms with Crippen LogP contribution in [-0.2, 0) is 46.2 Å². The Morgan fingerprint density at radius 2 is 1.07 bits per heavy atom. The molecule has 0 radical (unpaired) electrons. The molecule has 3 aromatic rings. The van der Waals surface area contributed by atoms with Gasteiger partial charge in [-0.15, -0.1) is 0 Å². The van der Waals surface area contributed by atoms with E-state index in [0.29, 0.717) is 35.5 Å². The second-order valence-corrected chi connectivity index (χ2v) is 18.7. The van der Waals surface area contributed by atoms with Crippen LogP contribution in [0, 0.1) is 13.8 Å². The largest absolute Gasteiger partial charge is 0.748 e. The van der Waals surface area contributed by atoms with Crippen LogP contribution in [-0.4, -0.2) is 72.5 Å². The van der Waals surface area contributed by atoms with E-state index in [1.807, 2.05) is 12.1 Å². The van der Waals surface area contributed by atoms with Crippen LogP contribution in [0.1, 0.15) is 97.9 Å². The maximum atomic E-state index is 11.0. The Morgan fingerprint density at radius 1 is 0.709 bits per heavy atom. The molecule has 1 atom stereocenters. The molecule has 1 unspecified atom stereocenters. The summed E-state index contributed by atoms with van der Waals surface area (Å²) in [4.78, 5) is 10.6. The Morgan fingerprint density at radius 3 is 1.49 bits per heavy atom. The Balaban J connectivity index is 1.46. The average molecular weight is 801 g/mol. The fraction of sp³-hybridized carbons (Fsp3) is 0.459. The van der Waals surface area contributed by atoms with E-state index < -0.39 is 37.2 Å². The van der Waals surface area contributed by atoms with Gasteiger partial charge in [0.25, 0.3) is 0 Å². The van der Waals surface area contributed by atoms with E-state index in [1.54, 1.807) is 26.0 Å². The highest BCUT2D eigenvalue weighted by Gasteiger charge is 2.57. The summed E-state index contributed by atoms with van der Waals surface area (Å²) >= 11 is 0. The molecule has 298 valence electrons. The van der Waals surface area contributed by atoms with Crippen LogP contribution in [0.15, 0.2) is 34.6 Å². The number of rotatable bonds is 12. The van der Waals surface area contributed by atoms with Gasteiger partial charge in [-0.3, -0.25) is 0 Å². The van der Waals surface area contributed by atoms with Gasteiger partial charge in [0.05, 0.1) is 31.4 Å². The predicted molar refractivity (Wildman–Crippen MR) is 200 cm³/mol. The van der Waals surface area contributed by atoms with E-state index in [9.17, 15) is 36.2 Å². The van der Waals surface area contributed by atoms with Crippen LogP contribution in [0.3, 0.4) is 0 Å². The predicted octanol–water partition coefficient (Wildman–Crippen LogP) is 4.41.